The molecule has 0 aliphatic rings. The second-order valence-electron chi connectivity index (χ2n) is 28.6. The van der Waals surface area contributed by atoms with E-state index in [1.165, 1.54) is 20.2 Å². The van der Waals surface area contributed by atoms with Crippen molar-refractivity contribution in [2.75, 3.05) is 0 Å². The topological polar surface area (TPSA) is 143 Å². The molecule has 0 fully saturated rings. The van der Waals surface area contributed by atoms with Gasteiger partial charge in [0.15, 0.2) is 0 Å². The van der Waals surface area contributed by atoms with Crippen molar-refractivity contribution in [3.8, 4) is 90.1 Å². The van der Waals surface area contributed by atoms with Crippen molar-refractivity contribution in [1.29, 1.82) is 0 Å². The smallest absolute Gasteiger partial charge is 0.123 e. The summed E-state index contributed by atoms with van der Waals surface area (Å²) in [5, 5.41) is 9.28. The van der Waals surface area contributed by atoms with Crippen LogP contribution in [0.2, 0.25) is 0 Å². The van der Waals surface area contributed by atoms with E-state index in [1.54, 1.807) is 31.0 Å². The maximum atomic E-state index is 5.87. The molecular formula is C114H76Ir4N8O3S-8. The van der Waals surface area contributed by atoms with Crippen LogP contribution in [0.25, 0.3) is 176 Å². The molecule has 0 saturated heterocycles. The average Bonchev–Trinajstić information content (AvgIpc) is 1.64. The fourth-order valence-electron chi connectivity index (χ4n) is 14.0. The Labute approximate surface area is 812 Å². The minimum Gasteiger partial charge on any atom is -0.500 e. The van der Waals surface area contributed by atoms with Crippen LogP contribution in [0.4, 0.5) is 0 Å². The van der Waals surface area contributed by atoms with Crippen LogP contribution in [0, 0.1) is 62.4 Å². The largest absolute Gasteiger partial charge is 0.500 e. The van der Waals surface area contributed by atoms with Crippen molar-refractivity contribution < 1.29 is 93.7 Å². The van der Waals surface area contributed by atoms with E-state index in [-0.39, 0.29) is 80.4 Å². The molecule has 4 radical (unpaired) electrons. The molecule has 0 unspecified atom stereocenters. The Hall–Kier alpha value is -13.9. The molecule has 12 heterocycles. The third-order valence-electron chi connectivity index (χ3n) is 20.0. The minimum absolute atomic E-state index is 0. The fourth-order valence-corrected chi connectivity index (χ4v) is 15.0. The zero-order chi connectivity index (χ0) is 85.3. The molecule has 24 rings (SSSR count). The van der Waals surface area contributed by atoms with Crippen molar-refractivity contribution in [1.82, 2.24) is 39.9 Å². The normalized spacial score (nSPS) is 10.3. The first-order valence-corrected chi connectivity index (χ1v) is 41.7. The van der Waals surface area contributed by atoms with E-state index in [9.17, 15) is 0 Å². The van der Waals surface area contributed by atoms with Crippen LogP contribution < -0.4 is 0 Å². The van der Waals surface area contributed by atoms with Gasteiger partial charge in [0.2, 0.25) is 0 Å². The monoisotopic (exact) mass is 2410 g/mol. The van der Waals surface area contributed by atoms with E-state index in [0.717, 1.165) is 167 Å². The summed E-state index contributed by atoms with van der Waals surface area (Å²) in [4.78, 5) is 34.7. The summed E-state index contributed by atoms with van der Waals surface area (Å²) < 4.78 is 20.1. The number of aromatic nitrogens is 8. The summed E-state index contributed by atoms with van der Waals surface area (Å²) in [5.41, 5.74) is 23.0. The van der Waals surface area contributed by atoms with E-state index < -0.39 is 0 Å². The Morgan fingerprint density at radius 2 is 0.562 bits per heavy atom. The molecule has 0 aliphatic heterocycles. The quantitative estimate of drug-likeness (QED) is 0.134. The number of furan rings is 3. The Balaban J connectivity index is 0.000000127. The summed E-state index contributed by atoms with van der Waals surface area (Å²) in [5.74, 6) is 0. The molecule has 0 bridgehead atoms. The molecule has 0 amide bonds. The number of hydrogen-bond acceptors (Lipinski definition) is 12. The number of benzene rings is 12. The van der Waals surface area contributed by atoms with Gasteiger partial charge in [-0.25, -0.2) is 0 Å². The van der Waals surface area contributed by atoms with E-state index in [1.807, 2.05) is 353 Å². The average molecular weight is 2410 g/mol. The van der Waals surface area contributed by atoms with E-state index in [0.29, 0.717) is 0 Å². The van der Waals surface area contributed by atoms with Crippen LogP contribution in [-0.4, -0.2) is 39.9 Å². The first-order valence-electron chi connectivity index (χ1n) is 40.9. The molecule has 0 aliphatic carbocycles. The van der Waals surface area contributed by atoms with Crippen molar-refractivity contribution in [2.24, 2.45) is 0 Å². The Morgan fingerprint density at radius 1 is 0.215 bits per heavy atom. The first-order chi connectivity index (χ1) is 62.3. The maximum Gasteiger partial charge on any atom is 0.123 e. The summed E-state index contributed by atoms with van der Waals surface area (Å²) in [6.07, 6.45) is 10.8. The van der Waals surface area contributed by atoms with Gasteiger partial charge in [0.05, 0.1) is 16.7 Å². The predicted octanol–water partition coefficient (Wildman–Crippen LogP) is 29.1. The predicted molar refractivity (Wildman–Crippen MR) is 512 cm³/mol. The van der Waals surface area contributed by atoms with Gasteiger partial charge in [0.1, 0.15) is 16.7 Å². The van der Waals surface area contributed by atoms with Crippen LogP contribution in [0.15, 0.2) is 439 Å². The van der Waals surface area contributed by atoms with E-state index in [4.69, 9.17) is 13.3 Å². The Bertz CT molecular complexity index is 7070. The van der Waals surface area contributed by atoms with Crippen molar-refractivity contribution in [3.63, 3.8) is 0 Å². The third kappa shape index (κ3) is 24.1. The Kier molecular flexibility index (Phi) is 34.0. The molecular weight excluding hydrogens is 2330 g/mol. The van der Waals surface area contributed by atoms with Gasteiger partial charge >= 0.3 is 0 Å². The van der Waals surface area contributed by atoms with Crippen LogP contribution in [0.5, 0.6) is 0 Å². The minimum atomic E-state index is 0. The van der Waals surface area contributed by atoms with Gasteiger partial charge in [-0.1, -0.05) is 204 Å². The Morgan fingerprint density at radius 3 is 1.00 bits per heavy atom. The molecule has 0 saturated carbocycles. The van der Waals surface area contributed by atoms with Crippen molar-refractivity contribution >= 4 is 97.3 Å². The molecule has 640 valence electrons. The number of para-hydroxylation sites is 3. The molecule has 0 spiro atoms. The molecule has 0 N–H and O–H groups in total. The summed E-state index contributed by atoms with van der Waals surface area (Å²) in [6.45, 7) is 3.98. The van der Waals surface area contributed by atoms with E-state index in [2.05, 4.69) is 155 Å². The van der Waals surface area contributed by atoms with Crippen molar-refractivity contribution in [3.05, 3.63) is 485 Å². The molecule has 16 heteroatoms. The number of hydrogen-bond donors (Lipinski definition) is 0. The second kappa shape index (κ2) is 47.2. The van der Waals surface area contributed by atoms with Gasteiger partial charge in [0, 0.05) is 139 Å². The zero-order valence-corrected chi connectivity index (χ0v) is 80.4. The SMILES string of the molecule is Cc1cccc(-c2[c-]cccc2)n1.Cc1cccc(-c2[c-]cccc2)n1.[Ir].[Ir].[Ir].[Ir].[c-]1c(-c2ccccn2)ccc2c1oc1ccccc12.[c-]1cc2c(cc1-c1ccccn1)oc1ccccc12.[c-]1cc2oc3ccccc3c2cc1-c1ccccn1.[c-]1cc2sc3ccccc3c2cc1-c1ccccn1.[c-]1ccccc1-c1ccccn1.[c-]1ccccc1-c1ccccn1. The van der Waals surface area contributed by atoms with Gasteiger partial charge in [-0.05, 0) is 153 Å². The number of rotatable bonds is 8. The van der Waals surface area contributed by atoms with Gasteiger partial charge < -0.3 is 53.1 Å². The molecule has 12 aromatic heterocycles. The van der Waals surface area contributed by atoms with Crippen LogP contribution >= 0.6 is 11.3 Å². The molecule has 130 heavy (non-hydrogen) atoms. The standard InChI is InChI=1S/3C17H10NO.C17H10NS.2C12H10N.2C11H8N.4Ir/c1-2-7-16-13(5-1)14-11-12(8-9-17(14)19-16)15-6-3-4-10-18-15;2*1-2-7-16-13(5-1)14-9-8-12(11-17(14)19-16)15-6-3-4-10-18-15;1-2-7-16-13(5-1)14-11-12(8-9-17(14)19-16)15-6-3-4-10-18-15;2*1-10-6-5-9-12(13-10)11-7-3-2-4-8-11;2*1-2-6-10(7-3-1)11-8-4-5-9-12-11;;;;/h2*1-7,9-11H;1-10H;1-7,9-11H;2*2-7,9H,1H3;2*1-6,8-9H;;;;/q8*-1;;;;. The number of thiophene rings is 1. The van der Waals surface area contributed by atoms with E-state index >= 15 is 0 Å². The van der Waals surface area contributed by atoms with Crippen LogP contribution in [0.1, 0.15) is 11.4 Å². The number of aryl methyl sites for hydroxylation is 2. The van der Waals surface area contributed by atoms with Crippen LogP contribution in [-0.2, 0) is 80.4 Å². The molecule has 12 aromatic carbocycles. The van der Waals surface area contributed by atoms with Gasteiger partial charge in [0.25, 0.3) is 0 Å². The number of pyridine rings is 8. The third-order valence-corrected chi connectivity index (χ3v) is 21.2. The molecule has 11 nitrogen and oxygen atoms in total. The van der Waals surface area contributed by atoms with Crippen LogP contribution in [0.3, 0.4) is 0 Å². The van der Waals surface area contributed by atoms with Gasteiger partial charge in [-0.3, -0.25) is 0 Å². The zero-order valence-electron chi connectivity index (χ0n) is 70.0. The summed E-state index contributed by atoms with van der Waals surface area (Å²) in [7, 11) is 0. The number of nitrogens with zero attached hydrogens (tertiary/aromatic N) is 8. The maximum absolute atomic E-state index is 5.87. The molecule has 0 atom stereocenters. The number of fused-ring (bicyclic) bond motifs is 12. The fraction of sp³-hybridized carbons (Fsp3) is 0.0175. The molecule has 24 aromatic rings. The second-order valence-corrected chi connectivity index (χ2v) is 29.7. The van der Waals surface area contributed by atoms with Gasteiger partial charge in [-0.2, -0.15) is 11.3 Å². The van der Waals surface area contributed by atoms with Gasteiger partial charge in [-0.15, -0.1) is 226 Å². The summed E-state index contributed by atoms with van der Waals surface area (Å²) in [6, 6.07) is 153. The van der Waals surface area contributed by atoms with Crippen molar-refractivity contribution in [2.45, 2.75) is 13.8 Å². The summed E-state index contributed by atoms with van der Waals surface area (Å²) >= 11 is 1.81. The first kappa shape index (κ1) is 93.7.